The molecule has 3 unspecified atom stereocenters. The van der Waals surface area contributed by atoms with E-state index in [0.29, 0.717) is 23.2 Å². The lowest BCUT2D eigenvalue weighted by Crippen LogP contribution is -2.42. The fourth-order valence-corrected chi connectivity index (χ4v) is 6.22. The van der Waals surface area contributed by atoms with Crippen molar-refractivity contribution in [2.24, 2.45) is 5.92 Å². The molecule has 6 heteroatoms. The van der Waals surface area contributed by atoms with Gasteiger partial charge in [0.25, 0.3) is 15.9 Å². The molecule has 1 aliphatic carbocycles. The Morgan fingerprint density at radius 1 is 1.00 bits per heavy atom. The largest absolute Gasteiger partial charge is 0.333 e. The number of sulfonamides is 1. The van der Waals surface area contributed by atoms with Gasteiger partial charge in [-0.15, -0.1) is 0 Å². The zero-order chi connectivity index (χ0) is 21.5. The highest BCUT2D eigenvalue weighted by molar-refractivity contribution is 7.92. The number of carbonyl (C=O) groups is 1. The number of likely N-dealkylation sites (tertiary alicyclic amines) is 1. The highest BCUT2D eigenvalue weighted by Gasteiger charge is 2.42. The SMILES string of the molecule is Cc1ccc(S(=O)(=O)N(C)c2ccc(C(=O)N3C(C)CC4CCCCC43)cc2)cc1. The molecule has 0 aromatic heterocycles. The molecule has 0 N–H and O–H groups in total. The predicted octanol–water partition coefficient (Wildman–Crippen LogP) is 4.61. The van der Waals surface area contributed by atoms with Gasteiger partial charge in [-0.2, -0.15) is 0 Å². The van der Waals surface area contributed by atoms with E-state index >= 15 is 0 Å². The summed E-state index contributed by atoms with van der Waals surface area (Å²) in [7, 11) is -2.10. The molecule has 1 amide bonds. The average molecular weight is 427 g/mol. The number of hydrogen-bond acceptors (Lipinski definition) is 3. The van der Waals surface area contributed by atoms with Gasteiger partial charge >= 0.3 is 0 Å². The van der Waals surface area contributed by atoms with Gasteiger partial charge in [0.1, 0.15) is 0 Å². The van der Waals surface area contributed by atoms with Crippen LogP contribution in [0.4, 0.5) is 5.69 Å². The molecule has 1 aliphatic heterocycles. The smallest absolute Gasteiger partial charge is 0.264 e. The number of rotatable bonds is 4. The molecule has 4 rings (SSSR count). The summed E-state index contributed by atoms with van der Waals surface area (Å²) in [5.41, 5.74) is 2.17. The summed E-state index contributed by atoms with van der Waals surface area (Å²) < 4.78 is 27.1. The number of benzene rings is 2. The first-order valence-electron chi connectivity index (χ1n) is 10.8. The van der Waals surface area contributed by atoms with Crippen molar-refractivity contribution in [1.29, 1.82) is 0 Å². The zero-order valence-electron chi connectivity index (χ0n) is 17.9. The van der Waals surface area contributed by atoms with E-state index in [4.69, 9.17) is 0 Å². The van der Waals surface area contributed by atoms with Gasteiger partial charge in [0.05, 0.1) is 10.6 Å². The van der Waals surface area contributed by atoms with Crippen LogP contribution < -0.4 is 4.31 Å². The third kappa shape index (κ3) is 3.73. The lowest BCUT2D eigenvalue weighted by Gasteiger charge is -2.33. The van der Waals surface area contributed by atoms with Crippen LogP contribution in [0.2, 0.25) is 0 Å². The number of fused-ring (bicyclic) bond motifs is 1. The summed E-state index contributed by atoms with van der Waals surface area (Å²) in [5.74, 6) is 0.690. The molecule has 5 nitrogen and oxygen atoms in total. The summed E-state index contributed by atoms with van der Waals surface area (Å²) in [6.07, 6.45) is 5.87. The average Bonchev–Trinajstić information content (AvgIpc) is 3.08. The van der Waals surface area contributed by atoms with Crippen molar-refractivity contribution < 1.29 is 13.2 Å². The monoisotopic (exact) mass is 426 g/mol. The molecule has 2 aliphatic rings. The number of aryl methyl sites for hydroxylation is 1. The molecule has 30 heavy (non-hydrogen) atoms. The van der Waals surface area contributed by atoms with Crippen LogP contribution in [0.25, 0.3) is 0 Å². The van der Waals surface area contributed by atoms with E-state index in [1.807, 2.05) is 6.92 Å². The molecule has 1 saturated heterocycles. The molecule has 2 aromatic rings. The Morgan fingerprint density at radius 2 is 1.63 bits per heavy atom. The van der Waals surface area contributed by atoms with Crippen molar-refractivity contribution >= 4 is 21.6 Å². The zero-order valence-corrected chi connectivity index (χ0v) is 18.7. The second kappa shape index (κ2) is 8.06. The van der Waals surface area contributed by atoms with Crippen LogP contribution in [0.3, 0.4) is 0 Å². The summed E-state index contributed by atoms with van der Waals surface area (Å²) in [5, 5.41) is 0. The maximum Gasteiger partial charge on any atom is 0.264 e. The molecule has 2 fully saturated rings. The van der Waals surface area contributed by atoms with Crippen LogP contribution in [0.5, 0.6) is 0 Å². The fourth-order valence-electron chi connectivity index (χ4n) is 5.03. The van der Waals surface area contributed by atoms with Crippen molar-refractivity contribution in [3.05, 3.63) is 59.7 Å². The molecular formula is C24H30N2O3S. The molecule has 0 bridgehead atoms. The number of amides is 1. The van der Waals surface area contributed by atoms with Gasteiger partial charge in [-0.25, -0.2) is 8.42 Å². The van der Waals surface area contributed by atoms with Crippen molar-refractivity contribution in [1.82, 2.24) is 4.90 Å². The van der Waals surface area contributed by atoms with Crippen LogP contribution in [-0.2, 0) is 10.0 Å². The summed E-state index contributed by atoms with van der Waals surface area (Å²) in [6.45, 7) is 4.07. The highest BCUT2D eigenvalue weighted by Crippen LogP contribution is 2.40. The molecule has 0 radical (unpaired) electrons. The van der Waals surface area contributed by atoms with E-state index in [9.17, 15) is 13.2 Å². The van der Waals surface area contributed by atoms with E-state index in [-0.39, 0.29) is 16.8 Å². The second-order valence-corrected chi connectivity index (χ2v) is 10.7. The Kier molecular flexibility index (Phi) is 5.62. The van der Waals surface area contributed by atoms with Gasteiger partial charge in [0.15, 0.2) is 0 Å². The fraction of sp³-hybridized carbons (Fsp3) is 0.458. The minimum Gasteiger partial charge on any atom is -0.333 e. The molecule has 3 atom stereocenters. The first kappa shape index (κ1) is 20.9. The quantitative estimate of drug-likeness (QED) is 0.717. The van der Waals surface area contributed by atoms with Crippen molar-refractivity contribution in [2.75, 3.05) is 11.4 Å². The van der Waals surface area contributed by atoms with Crippen molar-refractivity contribution in [2.45, 2.75) is 62.9 Å². The van der Waals surface area contributed by atoms with Gasteiger partial charge in [-0.3, -0.25) is 9.10 Å². The maximum atomic E-state index is 13.2. The van der Waals surface area contributed by atoms with Crippen LogP contribution in [-0.4, -0.2) is 38.4 Å². The Hall–Kier alpha value is -2.34. The van der Waals surface area contributed by atoms with Crippen molar-refractivity contribution in [3.8, 4) is 0 Å². The standard InChI is InChI=1S/C24H30N2O3S/c1-17-8-14-22(15-9-17)30(28,29)25(3)21-12-10-19(11-13-21)24(27)26-18(2)16-20-6-4-5-7-23(20)26/h8-15,18,20,23H,4-7,16H2,1-3H3. The number of nitrogens with zero attached hydrogens (tertiary/aromatic N) is 2. The first-order chi connectivity index (χ1) is 14.3. The Morgan fingerprint density at radius 3 is 2.30 bits per heavy atom. The Bertz CT molecular complexity index is 1020. The van der Waals surface area contributed by atoms with Gasteiger partial charge in [-0.1, -0.05) is 30.5 Å². The number of hydrogen-bond donors (Lipinski definition) is 0. The minimum atomic E-state index is -3.64. The van der Waals surface area contributed by atoms with Gasteiger partial charge < -0.3 is 4.90 Å². The molecule has 1 saturated carbocycles. The van der Waals surface area contributed by atoms with Gasteiger partial charge in [0, 0.05) is 24.7 Å². The lowest BCUT2D eigenvalue weighted by atomic mass is 9.85. The summed E-state index contributed by atoms with van der Waals surface area (Å²) in [6, 6.07) is 14.4. The molecular weight excluding hydrogens is 396 g/mol. The van der Waals surface area contributed by atoms with Gasteiger partial charge in [-0.05, 0) is 75.4 Å². The third-order valence-corrected chi connectivity index (χ3v) is 8.54. The minimum absolute atomic E-state index is 0.0625. The molecule has 1 heterocycles. The van der Waals surface area contributed by atoms with E-state index in [2.05, 4.69) is 11.8 Å². The molecule has 160 valence electrons. The first-order valence-corrected chi connectivity index (χ1v) is 12.2. The van der Waals surface area contributed by atoms with E-state index < -0.39 is 10.0 Å². The topological polar surface area (TPSA) is 57.7 Å². The normalized spacial score (nSPS) is 23.8. The van der Waals surface area contributed by atoms with Crippen molar-refractivity contribution in [3.63, 3.8) is 0 Å². The predicted molar refractivity (Wildman–Crippen MR) is 119 cm³/mol. The maximum absolute atomic E-state index is 13.2. The van der Waals surface area contributed by atoms with Gasteiger partial charge in [0.2, 0.25) is 0 Å². The highest BCUT2D eigenvalue weighted by atomic mass is 32.2. The van der Waals surface area contributed by atoms with E-state index in [1.165, 1.54) is 23.6 Å². The Balaban J connectivity index is 1.54. The van der Waals surface area contributed by atoms with E-state index in [1.54, 1.807) is 55.6 Å². The summed E-state index contributed by atoms with van der Waals surface area (Å²) in [4.78, 5) is 15.6. The molecule has 0 spiro atoms. The van der Waals surface area contributed by atoms with Crippen LogP contribution in [0.15, 0.2) is 53.4 Å². The lowest BCUT2D eigenvalue weighted by molar-refractivity contribution is 0.0633. The Labute approximate surface area is 179 Å². The van der Waals surface area contributed by atoms with Crippen LogP contribution >= 0.6 is 0 Å². The van der Waals surface area contributed by atoms with Crippen LogP contribution in [0.1, 0.15) is 54.9 Å². The second-order valence-electron chi connectivity index (χ2n) is 8.74. The summed E-state index contributed by atoms with van der Waals surface area (Å²) >= 11 is 0. The molecule has 2 aromatic carbocycles. The number of carbonyl (C=O) groups excluding carboxylic acids is 1. The number of anilines is 1. The third-order valence-electron chi connectivity index (χ3n) is 6.74. The van der Waals surface area contributed by atoms with Crippen LogP contribution in [0, 0.1) is 12.8 Å². The van der Waals surface area contributed by atoms with E-state index in [0.717, 1.165) is 18.4 Å².